The zero-order valence-electron chi connectivity index (χ0n) is 20.0. The first kappa shape index (κ1) is 22.8. The third kappa shape index (κ3) is 4.43. The maximum atomic E-state index is 13.0. The van der Waals surface area contributed by atoms with E-state index in [2.05, 4.69) is 39.6 Å². The molecule has 1 aromatic heterocycles. The normalized spacial score (nSPS) is 15.5. The average Bonchev–Trinajstić information content (AvgIpc) is 3.37. The van der Waals surface area contributed by atoms with E-state index in [0.717, 1.165) is 35.5 Å². The van der Waals surface area contributed by atoms with E-state index in [1.807, 2.05) is 41.3 Å². The van der Waals surface area contributed by atoms with E-state index < -0.39 is 0 Å². The minimum absolute atomic E-state index is 0.119. The molecular formula is C27H30N4O4. The molecular weight excluding hydrogens is 444 g/mol. The van der Waals surface area contributed by atoms with Gasteiger partial charge in [-0.25, -0.2) is 4.79 Å². The van der Waals surface area contributed by atoms with Crippen molar-refractivity contribution in [3.05, 3.63) is 72.1 Å². The topological polar surface area (TPSA) is 84.8 Å². The Hall–Kier alpha value is -3.94. The Morgan fingerprint density at radius 2 is 1.86 bits per heavy atom. The van der Waals surface area contributed by atoms with Crippen LogP contribution in [0.1, 0.15) is 31.0 Å². The number of ether oxygens (including phenoxy) is 2. The number of likely N-dealkylation sites (tertiary alicyclic amines) is 1. The van der Waals surface area contributed by atoms with Gasteiger partial charge in [-0.3, -0.25) is 4.79 Å². The Kier molecular flexibility index (Phi) is 6.11. The lowest BCUT2D eigenvalue weighted by Gasteiger charge is -2.46. The Labute approximate surface area is 204 Å². The van der Waals surface area contributed by atoms with Crippen molar-refractivity contribution in [2.75, 3.05) is 37.4 Å². The molecule has 1 saturated heterocycles. The molecule has 5 rings (SSSR count). The fourth-order valence-electron chi connectivity index (χ4n) is 5.01. The molecule has 1 fully saturated rings. The number of fused-ring (bicyclic) bond motifs is 4. The number of amides is 2. The zero-order chi connectivity index (χ0) is 24.4. The number of carbonyl (C=O) groups excluding carboxylic acids is 2. The number of rotatable bonds is 5. The molecule has 0 unspecified atom stereocenters. The summed E-state index contributed by atoms with van der Waals surface area (Å²) in [5.74, 6) is 0.558. The summed E-state index contributed by atoms with van der Waals surface area (Å²) in [6, 6.07) is 17.5. The number of hydrogen-bond donors (Lipinski definition) is 2. The number of carbonyl (C=O) groups is 2. The summed E-state index contributed by atoms with van der Waals surface area (Å²) in [5.41, 5.74) is 4.66. The number of esters is 1. The second-order valence-corrected chi connectivity index (χ2v) is 8.95. The molecule has 2 aliphatic heterocycles. The number of hydrogen-bond acceptors (Lipinski definition) is 5. The largest absolute Gasteiger partial charge is 0.497 e. The monoisotopic (exact) mass is 474 g/mol. The van der Waals surface area contributed by atoms with E-state index >= 15 is 0 Å². The summed E-state index contributed by atoms with van der Waals surface area (Å²) >= 11 is 0. The fourth-order valence-corrected chi connectivity index (χ4v) is 5.01. The predicted molar refractivity (Wildman–Crippen MR) is 134 cm³/mol. The van der Waals surface area contributed by atoms with Crippen LogP contribution in [0.3, 0.4) is 0 Å². The first-order valence-corrected chi connectivity index (χ1v) is 12.0. The average molecular weight is 475 g/mol. The standard InChI is InChI=1S/C27H30N4O4/c1-3-35-25(32)17-19-6-8-20(9-7-19)28-26(33)30-15-12-27(13-16-30)24-5-4-14-31(24)23-11-10-21(34-2)18-22(23)29-27/h4-11,14,18,29H,3,12-13,15-17H2,1-2H3,(H,28,33). The van der Waals surface area contributed by atoms with Gasteiger partial charge in [0.25, 0.3) is 0 Å². The highest BCUT2D eigenvalue weighted by molar-refractivity contribution is 5.89. The molecule has 182 valence electrons. The van der Waals surface area contributed by atoms with Crippen molar-refractivity contribution in [3.8, 4) is 11.4 Å². The van der Waals surface area contributed by atoms with Crippen LogP contribution in [-0.2, 0) is 21.5 Å². The van der Waals surface area contributed by atoms with E-state index in [1.165, 1.54) is 5.69 Å². The van der Waals surface area contributed by atoms with Crippen LogP contribution in [0.15, 0.2) is 60.8 Å². The van der Waals surface area contributed by atoms with E-state index in [0.29, 0.717) is 25.4 Å². The fraction of sp³-hybridized carbons (Fsp3) is 0.333. The Morgan fingerprint density at radius 3 is 2.57 bits per heavy atom. The number of piperidine rings is 1. The third-order valence-corrected chi connectivity index (χ3v) is 6.84. The van der Waals surface area contributed by atoms with E-state index in [9.17, 15) is 9.59 Å². The SMILES string of the molecule is CCOC(=O)Cc1ccc(NC(=O)N2CCC3(CC2)Nc2cc(OC)ccc2-n2cccc23)cc1. The number of urea groups is 1. The van der Waals surface area contributed by atoms with Gasteiger partial charge in [0.15, 0.2) is 0 Å². The highest BCUT2D eigenvalue weighted by Gasteiger charge is 2.42. The number of methoxy groups -OCH3 is 1. The molecule has 3 aromatic rings. The van der Waals surface area contributed by atoms with Crippen molar-refractivity contribution in [2.45, 2.75) is 31.7 Å². The first-order chi connectivity index (χ1) is 17.0. The van der Waals surface area contributed by atoms with Crippen molar-refractivity contribution in [2.24, 2.45) is 0 Å². The Balaban J connectivity index is 1.24. The van der Waals surface area contributed by atoms with Gasteiger partial charge in [-0.05, 0) is 61.7 Å². The summed E-state index contributed by atoms with van der Waals surface area (Å²) in [5, 5.41) is 6.75. The van der Waals surface area contributed by atoms with Gasteiger partial charge in [0.1, 0.15) is 5.75 Å². The third-order valence-electron chi connectivity index (χ3n) is 6.84. The molecule has 0 aliphatic carbocycles. The lowest BCUT2D eigenvalue weighted by atomic mass is 9.82. The van der Waals surface area contributed by atoms with Crippen LogP contribution in [-0.4, -0.2) is 48.3 Å². The smallest absolute Gasteiger partial charge is 0.321 e. The van der Waals surface area contributed by atoms with Gasteiger partial charge in [-0.2, -0.15) is 0 Å². The molecule has 0 atom stereocenters. The first-order valence-electron chi connectivity index (χ1n) is 12.0. The van der Waals surface area contributed by atoms with E-state index in [4.69, 9.17) is 9.47 Å². The van der Waals surface area contributed by atoms with Crippen LogP contribution < -0.4 is 15.4 Å². The second-order valence-electron chi connectivity index (χ2n) is 8.95. The quantitative estimate of drug-likeness (QED) is 0.531. The molecule has 3 heterocycles. The maximum absolute atomic E-state index is 13.0. The van der Waals surface area contributed by atoms with E-state index in [-0.39, 0.29) is 24.0 Å². The number of nitrogens with one attached hydrogen (secondary N) is 2. The van der Waals surface area contributed by atoms with Crippen LogP contribution in [0, 0.1) is 0 Å². The molecule has 0 saturated carbocycles. The van der Waals surface area contributed by atoms with Crippen LogP contribution >= 0.6 is 0 Å². The number of aromatic nitrogens is 1. The van der Waals surface area contributed by atoms with Crippen LogP contribution in [0.2, 0.25) is 0 Å². The van der Waals surface area contributed by atoms with Crippen molar-refractivity contribution < 1.29 is 19.1 Å². The van der Waals surface area contributed by atoms with Crippen molar-refractivity contribution in [1.82, 2.24) is 9.47 Å². The molecule has 2 aromatic carbocycles. The molecule has 2 N–H and O–H groups in total. The number of nitrogens with zero attached hydrogens (tertiary/aromatic N) is 2. The summed E-state index contributed by atoms with van der Waals surface area (Å²) in [6.45, 7) is 3.41. The van der Waals surface area contributed by atoms with Crippen molar-refractivity contribution in [1.29, 1.82) is 0 Å². The number of anilines is 2. The Bertz CT molecular complexity index is 1230. The van der Waals surface area contributed by atoms with Crippen molar-refractivity contribution in [3.63, 3.8) is 0 Å². The molecule has 8 heteroatoms. The van der Waals surface area contributed by atoms with Gasteiger partial charge in [-0.15, -0.1) is 0 Å². The van der Waals surface area contributed by atoms with Gasteiger partial charge in [0.2, 0.25) is 0 Å². The molecule has 2 aliphatic rings. The van der Waals surface area contributed by atoms with Gasteiger partial charge in [0.05, 0.1) is 37.1 Å². The summed E-state index contributed by atoms with van der Waals surface area (Å²) in [4.78, 5) is 26.5. The zero-order valence-corrected chi connectivity index (χ0v) is 20.0. The molecule has 1 spiro atoms. The Morgan fingerprint density at radius 1 is 1.09 bits per heavy atom. The van der Waals surface area contributed by atoms with Crippen LogP contribution in [0.5, 0.6) is 5.75 Å². The molecule has 0 radical (unpaired) electrons. The molecule has 8 nitrogen and oxygen atoms in total. The lowest BCUT2D eigenvalue weighted by molar-refractivity contribution is -0.142. The summed E-state index contributed by atoms with van der Waals surface area (Å²) in [6.07, 6.45) is 3.90. The highest BCUT2D eigenvalue weighted by atomic mass is 16.5. The van der Waals surface area contributed by atoms with Gasteiger partial charge >= 0.3 is 12.0 Å². The summed E-state index contributed by atoms with van der Waals surface area (Å²) < 4.78 is 12.7. The molecule has 35 heavy (non-hydrogen) atoms. The van der Waals surface area contributed by atoms with Crippen molar-refractivity contribution >= 4 is 23.4 Å². The molecule has 0 bridgehead atoms. The number of benzene rings is 2. The maximum Gasteiger partial charge on any atom is 0.321 e. The van der Waals surface area contributed by atoms with Crippen LogP contribution in [0.25, 0.3) is 5.69 Å². The second kappa shape index (κ2) is 9.37. The van der Waals surface area contributed by atoms with Crippen LogP contribution in [0.4, 0.5) is 16.2 Å². The predicted octanol–water partition coefficient (Wildman–Crippen LogP) is 4.54. The van der Waals surface area contributed by atoms with Gasteiger partial charge < -0.3 is 29.6 Å². The molecule has 2 amide bonds. The lowest BCUT2D eigenvalue weighted by Crippen LogP contribution is -2.51. The van der Waals surface area contributed by atoms with Gasteiger partial charge in [0, 0.05) is 36.7 Å². The minimum Gasteiger partial charge on any atom is -0.497 e. The minimum atomic E-state index is -0.255. The van der Waals surface area contributed by atoms with Gasteiger partial charge in [-0.1, -0.05) is 12.1 Å². The highest BCUT2D eigenvalue weighted by Crippen LogP contribution is 2.44. The van der Waals surface area contributed by atoms with E-state index in [1.54, 1.807) is 14.0 Å². The summed E-state index contributed by atoms with van der Waals surface area (Å²) in [7, 11) is 1.67.